The van der Waals surface area contributed by atoms with Gasteiger partial charge in [-0.05, 0) is 28.8 Å². The van der Waals surface area contributed by atoms with E-state index in [4.69, 9.17) is 5.73 Å². The number of halogens is 4. The Labute approximate surface area is 120 Å². The second kappa shape index (κ2) is 6.63. The van der Waals surface area contributed by atoms with Crippen LogP contribution in [-0.4, -0.2) is 6.36 Å². The molecule has 0 fully saturated rings. The van der Waals surface area contributed by atoms with Gasteiger partial charge in [-0.3, -0.25) is 0 Å². The van der Waals surface area contributed by atoms with Crippen molar-refractivity contribution in [3.05, 3.63) is 54.1 Å². The number of ether oxygens (including phenoxy) is 1. The van der Waals surface area contributed by atoms with Crippen LogP contribution in [0.5, 0.6) is 5.75 Å². The highest BCUT2D eigenvalue weighted by Gasteiger charge is 2.30. The molecule has 20 heavy (non-hydrogen) atoms. The summed E-state index contributed by atoms with van der Waals surface area (Å²) in [4.78, 5) is 0. The SMILES string of the molecule is Cl.NCc1ccc(-c2ccc(OC(F)(F)F)cc2)cc1. The summed E-state index contributed by atoms with van der Waals surface area (Å²) >= 11 is 0. The van der Waals surface area contributed by atoms with Crippen molar-refractivity contribution >= 4 is 12.4 Å². The number of benzene rings is 2. The third-order valence-corrected chi connectivity index (χ3v) is 2.61. The summed E-state index contributed by atoms with van der Waals surface area (Å²) in [6.07, 6.45) is -4.66. The average Bonchev–Trinajstić information content (AvgIpc) is 2.38. The zero-order chi connectivity index (χ0) is 13.9. The number of nitrogens with two attached hydrogens (primary N) is 1. The first-order valence-corrected chi connectivity index (χ1v) is 5.63. The number of rotatable bonds is 3. The van der Waals surface area contributed by atoms with E-state index in [-0.39, 0.29) is 18.2 Å². The van der Waals surface area contributed by atoms with Gasteiger partial charge in [-0.15, -0.1) is 25.6 Å². The summed E-state index contributed by atoms with van der Waals surface area (Å²) in [5.74, 6) is -0.227. The Morgan fingerprint density at radius 2 is 1.30 bits per heavy atom. The molecule has 0 radical (unpaired) electrons. The number of hydrogen-bond acceptors (Lipinski definition) is 2. The molecule has 0 spiro atoms. The molecule has 2 rings (SSSR count). The third-order valence-electron chi connectivity index (χ3n) is 2.61. The Kier molecular flexibility index (Phi) is 5.42. The summed E-state index contributed by atoms with van der Waals surface area (Å²) in [6.45, 7) is 0.457. The van der Waals surface area contributed by atoms with E-state index < -0.39 is 6.36 Å². The van der Waals surface area contributed by atoms with Crippen molar-refractivity contribution < 1.29 is 17.9 Å². The molecule has 2 aromatic rings. The van der Waals surface area contributed by atoms with Crippen LogP contribution in [0, 0.1) is 0 Å². The van der Waals surface area contributed by atoms with Crippen LogP contribution < -0.4 is 10.5 Å². The lowest BCUT2D eigenvalue weighted by Gasteiger charge is -2.09. The molecule has 0 aliphatic carbocycles. The molecule has 0 heterocycles. The summed E-state index contributed by atoms with van der Waals surface area (Å²) in [5.41, 5.74) is 8.23. The van der Waals surface area contributed by atoms with Gasteiger partial charge in [-0.1, -0.05) is 36.4 Å². The summed E-state index contributed by atoms with van der Waals surface area (Å²) in [7, 11) is 0. The highest BCUT2D eigenvalue weighted by molar-refractivity contribution is 5.85. The molecule has 0 unspecified atom stereocenters. The smallest absolute Gasteiger partial charge is 0.406 e. The van der Waals surface area contributed by atoms with Gasteiger partial charge in [-0.25, -0.2) is 0 Å². The first-order valence-electron chi connectivity index (χ1n) is 5.63. The lowest BCUT2D eigenvalue weighted by Crippen LogP contribution is -2.16. The predicted octanol–water partition coefficient (Wildman–Crippen LogP) is 4.13. The molecular formula is C14H13ClF3NO. The molecule has 108 valence electrons. The van der Waals surface area contributed by atoms with Gasteiger partial charge < -0.3 is 10.5 Å². The third kappa shape index (κ3) is 4.43. The first kappa shape index (κ1) is 16.3. The van der Waals surface area contributed by atoms with Crippen LogP contribution >= 0.6 is 12.4 Å². The van der Waals surface area contributed by atoms with Crippen molar-refractivity contribution in [2.75, 3.05) is 0 Å². The van der Waals surface area contributed by atoms with Crippen LogP contribution in [0.1, 0.15) is 5.56 Å². The van der Waals surface area contributed by atoms with Crippen LogP contribution in [0.25, 0.3) is 11.1 Å². The van der Waals surface area contributed by atoms with E-state index in [1.54, 1.807) is 12.1 Å². The monoisotopic (exact) mass is 303 g/mol. The van der Waals surface area contributed by atoms with Crippen LogP contribution in [0.2, 0.25) is 0 Å². The van der Waals surface area contributed by atoms with Gasteiger partial charge >= 0.3 is 6.36 Å². The fourth-order valence-corrected chi connectivity index (χ4v) is 1.68. The molecule has 0 bridgehead atoms. The maximum atomic E-state index is 12.0. The van der Waals surface area contributed by atoms with Gasteiger partial charge in [0.15, 0.2) is 0 Å². The standard InChI is InChI=1S/C14H12F3NO.ClH/c15-14(16,17)19-13-7-5-12(6-8-13)11-3-1-10(9-18)2-4-11;/h1-8H,9,18H2;1H. The number of hydrogen-bond donors (Lipinski definition) is 1. The van der Waals surface area contributed by atoms with E-state index in [0.29, 0.717) is 6.54 Å². The molecule has 0 aliphatic heterocycles. The van der Waals surface area contributed by atoms with Gasteiger partial charge in [-0.2, -0.15) is 0 Å². The van der Waals surface area contributed by atoms with Crippen LogP contribution in [0.4, 0.5) is 13.2 Å². The zero-order valence-electron chi connectivity index (χ0n) is 10.4. The maximum Gasteiger partial charge on any atom is 0.573 e. The molecule has 0 atom stereocenters. The van der Waals surface area contributed by atoms with E-state index in [1.807, 2.05) is 24.3 Å². The lowest BCUT2D eigenvalue weighted by atomic mass is 10.0. The predicted molar refractivity (Wildman–Crippen MR) is 73.7 cm³/mol. The van der Waals surface area contributed by atoms with Crippen molar-refractivity contribution in [3.8, 4) is 16.9 Å². The van der Waals surface area contributed by atoms with Gasteiger partial charge in [0.1, 0.15) is 5.75 Å². The van der Waals surface area contributed by atoms with Crippen molar-refractivity contribution in [1.29, 1.82) is 0 Å². The van der Waals surface area contributed by atoms with E-state index in [0.717, 1.165) is 16.7 Å². The first-order chi connectivity index (χ1) is 8.98. The fraction of sp³-hybridized carbons (Fsp3) is 0.143. The molecule has 0 aromatic heterocycles. The van der Waals surface area contributed by atoms with E-state index in [1.165, 1.54) is 12.1 Å². The summed E-state index contributed by atoms with van der Waals surface area (Å²) in [5, 5.41) is 0. The summed E-state index contributed by atoms with van der Waals surface area (Å²) < 4.78 is 39.9. The molecule has 0 amide bonds. The normalized spacial score (nSPS) is 10.8. The van der Waals surface area contributed by atoms with Gasteiger partial charge in [0.25, 0.3) is 0 Å². The molecule has 0 aliphatic rings. The second-order valence-corrected chi connectivity index (χ2v) is 3.97. The van der Waals surface area contributed by atoms with Crippen molar-refractivity contribution in [2.24, 2.45) is 5.73 Å². The molecule has 0 saturated heterocycles. The number of alkyl halides is 3. The molecule has 6 heteroatoms. The molecule has 2 aromatic carbocycles. The van der Waals surface area contributed by atoms with Crippen molar-refractivity contribution in [3.63, 3.8) is 0 Å². The van der Waals surface area contributed by atoms with Crippen molar-refractivity contribution in [1.82, 2.24) is 0 Å². The quantitative estimate of drug-likeness (QED) is 0.925. The minimum Gasteiger partial charge on any atom is -0.406 e. The average molecular weight is 304 g/mol. The highest BCUT2D eigenvalue weighted by atomic mass is 35.5. The van der Waals surface area contributed by atoms with Crippen LogP contribution in [0.3, 0.4) is 0 Å². The van der Waals surface area contributed by atoms with E-state index in [9.17, 15) is 13.2 Å². The highest BCUT2D eigenvalue weighted by Crippen LogP contribution is 2.26. The Morgan fingerprint density at radius 1 is 0.850 bits per heavy atom. The Balaban J connectivity index is 0.00000200. The van der Waals surface area contributed by atoms with Gasteiger partial charge in [0.2, 0.25) is 0 Å². The summed E-state index contributed by atoms with van der Waals surface area (Å²) in [6, 6.07) is 13.3. The lowest BCUT2D eigenvalue weighted by molar-refractivity contribution is -0.274. The maximum absolute atomic E-state index is 12.0. The minimum atomic E-state index is -4.66. The Hall–Kier alpha value is -1.72. The Bertz CT molecular complexity index is 538. The molecule has 2 nitrogen and oxygen atoms in total. The largest absolute Gasteiger partial charge is 0.573 e. The molecular weight excluding hydrogens is 291 g/mol. The fourth-order valence-electron chi connectivity index (χ4n) is 1.68. The van der Waals surface area contributed by atoms with E-state index >= 15 is 0 Å². The molecule has 2 N–H and O–H groups in total. The van der Waals surface area contributed by atoms with E-state index in [2.05, 4.69) is 4.74 Å². The van der Waals surface area contributed by atoms with Crippen LogP contribution in [0.15, 0.2) is 48.5 Å². The van der Waals surface area contributed by atoms with Crippen molar-refractivity contribution in [2.45, 2.75) is 12.9 Å². The van der Waals surface area contributed by atoms with Gasteiger partial charge in [0, 0.05) is 6.54 Å². The van der Waals surface area contributed by atoms with Crippen LogP contribution in [-0.2, 0) is 6.54 Å². The second-order valence-electron chi connectivity index (χ2n) is 3.97. The van der Waals surface area contributed by atoms with Gasteiger partial charge in [0.05, 0.1) is 0 Å². The zero-order valence-corrected chi connectivity index (χ0v) is 11.2. The topological polar surface area (TPSA) is 35.2 Å². The minimum absolute atomic E-state index is 0. The Morgan fingerprint density at radius 3 is 1.70 bits per heavy atom. The molecule has 0 saturated carbocycles.